The molecular formula is C10H13ClFNO. The van der Waals surface area contributed by atoms with Crippen molar-refractivity contribution in [3.8, 4) is 0 Å². The Morgan fingerprint density at radius 3 is 2.79 bits per heavy atom. The van der Waals surface area contributed by atoms with Crippen molar-refractivity contribution in [2.45, 2.75) is 25.5 Å². The Bertz CT molecular complexity index is 319. The zero-order chi connectivity index (χ0) is 10.7. The molecule has 1 aromatic rings. The minimum Gasteiger partial charge on any atom is -0.391 e. The molecule has 14 heavy (non-hydrogen) atoms. The molecule has 0 saturated carbocycles. The SMILES string of the molecule is CC[C@H](O)[C@H](N)c1cccc(Cl)c1F. The van der Waals surface area contributed by atoms with Crippen LogP contribution in [0.15, 0.2) is 18.2 Å². The Morgan fingerprint density at radius 2 is 2.21 bits per heavy atom. The van der Waals surface area contributed by atoms with Crippen LogP contribution < -0.4 is 5.73 Å². The van der Waals surface area contributed by atoms with Crippen LogP contribution in [-0.2, 0) is 0 Å². The fourth-order valence-electron chi connectivity index (χ4n) is 1.24. The Morgan fingerprint density at radius 1 is 1.57 bits per heavy atom. The fraction of sp³-hybridized carbons (Fsp3) is 0.400. The molecule has 1 rings (SSSR count). The van der Waals surface area contributed by atoms with Crippen LogP contribution in [0.1, 0.15) is 24.9 Å². The van der Waals surface area contributed by atoms with E-state index in [2.05, 4.69) is 0 Å². The molecule has 2 nitrogen and oxygen atoms in total. The lowest BCUT2D eigenvalue weighted by Crippen LogP contribution is -2.26. The maximum atomic E-state index is 13.4. The first-order valence-corrected chi connectivity index (χ1v) is 4.83. The highest BCUT2D eigenvalue weighted by Crippen LogP contribution is 2.24. The average Bonchev–Trinajstić information content (AvgIpc) is 2.20. The zero-order valence-corrected chi connectivity index (χ0v) is 8.63. The van der Waals surface area contributed by atoms with Gasteiger partial charge in [0.25, 0.3) is 0 Å². The van der Waals surface area contributed by atoms with Crippen LogP contribution in [0.25, 0.3) is 0 Å². The molecule has 0 aliphatic heterocycles. The molecule has 2 atom stereocenters. The molecule has 4 heteroatoms. The third-order valence-corrected chi connectivity index (χ3v) is 2.47. The monoisotopic (exact) mass is 217 g/mol. The molecule has 0 heterocycles. The van der Waals surface area contributed by atoms with Crippen LogP contribution in [0.3, 0.4) is 0 Å². The van der Waals surface area contributed by atoms with Gasteiger partial charge in [0, 0.05) is 5.56 Å². The standard InChI is InChI=1S/C10H13ClFNO/c1-2-8(14)10(13)6-4-3-5-7(11)9(6)12/h3-5,8,10,14H,2,13H2,1H3/t8-,10+/m0/s1. The van der Waals surface area contributed by atoms with Crippen LogP contribution >= 0.6 is 11.6 Å². The van der Waals surface area contributed by atoms with Gasteiger partial charge in [-0.1, -0.05) is 30.7 Å². The normalized spacial score (nSPS) is 15.2. The fourth-order valence-corrected chi connectivity index (χ4v) is 1.42. The molecule has 78 valence electrons. The van der Waals surface area contributed by atoms with E-state index in [1.54, 1.807) is 13.0 Å². The molecule has 0 spiro atoms. The lowest BCUT2D eigenvalue weighted by atomic mass is 10.0. The molecule has 0 unspecified atom stereocenters. The second kappa shape index (κ2) is 4.73. The van der Waals surface area contributed by atoms with Crippen molar-refractivity contribution in [2.24, 2.45) is 5.73 Å². The van der Waals surface area contributed by atoms with Crippen LogP contribution in [0.2, 0.25) is 5.02 Å². The van der Waals surface area contributed by atoms with Gasteiger partial charge < -0.3 is 10.8 Å². The van der Waals surface area contributed by atoms with Gasteiger partial charge in [-0.3, -0.25) is 0 Å². The quantitative estimate of drug-likeness (QED) is 0.816. The molecule has 0 aliphatic carbocycles. The number of rotatable bonds is 3. The molecule has 0 aromatic heterocycles. The van der Waals surface area contributed by atoms with Gasteiger partial charge in [-0.05, 0) is 12.5 Å². The number of hydrogen-bond acceptors (Lipinski definition) is 2. The Kier molecular flexibility index (Phi) is 3.86. The van der Waals surface area contributed by atoms with Crippen LogP contribution in [0, 0.1) is 5.82 Å². The lowest BCUT2D eigenvalue weighted by molar-refractivity contribution is 0.139. The molecular weight excluding hydrogens is 205 g/mol. The summed E-state index contributed by atoms with van der Waals surface area (Å²) in [6.07, 6.45) is -0.268. The van der Waals surface area contributed by atoms with Gasteiger partial charge in [-0.2, -0.15) is 0 Å². The first-order chi connectivity index (χ1) is 6.57. The number of aliphatic hydroxyl groups excluding tert-OH is 1. The number of nitrogens with two attached hydrogens (primary N) is 1. The molecule has 0 radical (unpaired) electrons. The van der Waals surface area contributed by atoms with Crippen molar-refractivity contribution in [1.82, 2.24) is 0 Å². The maximum absolute atomic E-state index is 13.4. The van der Waals surface area contributed by atoms with E-state index in [0.717, 1.165) is 0 Å². The molecule has 3 N–H and O–H groups in total. The molecule has 0 aliphatic rings. The van der Waals surface area contributed by atoms with Gasteiger partial charge in [0.2, 0.25) is 0 Å². The third-order valence-electron chi connectivity index (χ3n) is 2.17. The maximum Gasteiger partial charge on any atom is 0.146 e. The largest absolute Gasteiger partial charge is 0.391 e. The molecule has 0 bridgehead atoms. The summed E-state index contributed by atoms with van der Waals surface area (Å²) in [6, 6.07) is 3.87. The highest BCUT2D eigenvalue weighted by Gasteiger charge is 2.19. The van der Waals surface area contributed by atoms with Crippen LogP contribution in [-0.4, -0.2) is 11.2 Å². The number of aliphatic hydroxyl groups is 1. The van der Waals surface area contributed by atoms with Crippen LogP contribution in [0.5, 0.6) is 0 Å². The average molecular weight is 218 g/mol. The summed E-state index contributed by atoms with van der Waals surface area (Å²) >= 11 is 5.59. The summed E-state index contributed by atoms with van der Waals surface area (Å²) in [6.45, 7) is 1.78. The van der Waals surface area contributed by atoms with E-state index in [9.17, 15) is 9.50 Å². The number of halogens is 2. The van der Waals surface area contributed by atoms with Gasteiger partial charge >= 0.3 is 0 Å². The second-order valence-corrected chi connectivity index (χ2v) is 3.55. The summed E-state index contributed by atoms with van der Waals surface area (Å²) < 4.78 is 13.4. The Hall–Kier alpha value is -0.640. The predicted octanol–water partition coefficient (Wildman–Crippen LogP) is 2.25. The topological polar surface area (TPSA) is 46.2 Å². The van der Waals surface area contributed by atoms with Gasteiger partial charge in [0.05, 0.1) is 17.2 Å². The summed E-state index contributed by atoms with van der Waals surface area (Å²) in [5.41, 5.74) is 5.93. The lowest BCUT2D eigenvalue weighted by Gasteiger charge is -2.18. The Balaban J connectivity index is 3.01. The third kappa shape index (κ3) is 2.23. The molecule has 0 amide bonds. The molecule has 1 aromatic carbocycles. The number of hydrogen-bond donors (Lipinski definition) is 2. The van der Waals surface area contributed by atoms with E-state index in [-0.39, 0.29) is 10.6 Å². The van der Waals surface area contributed by atoms with E-state index in [4.69, 9.17) is 17.3 Å². The van der Waals surface area contributed by atoms with Crippen molar-refractivity contribution >= 4 is 11.6 Å². The summed E-state index contributed by atoms with van der Waals surface area (Å²) in [4.78, 5) is 0. The highest BCUT2D eigenvalue weighted by atomic mass is 35.5. The number of benzene rings is 1. The van der Waals surface area contributed by atoms with E-state index in [1.807, 2.05) is 0 Å². The summed E-state index contributed by atoms with van der Waals surface area (Å²) in [7, 11) is 0. The van der Waals surface area contributed by atoms with Gasteiger partial charge in [0.1, 0.15) is 5.82 Å². The van der Waals surface area contributed by atoms with E-state index in [1.165, 1.54) is 12.1 Å². The summed E-state index contributed by atoms with van der Waals surface area (Å²) in [5.74, 6) is -0.547. The van der Waals surface area contributed by atoms with Crippen LogP contribution in [0.4, 0.5) is 4.39 Å². The van der Waals surface area contributed by atoms with Crippen molar-refractivity contribution < 1.29 is 9.50 Å². The van der Waals surface area contributed by atoms with E-state index in [0.29, 0.717) is 6.42 Å². The molecule has 0 saturated heterocycles. The summed E-state index contributed by atoms with van der Waals surface area (Å²) in [5, 5.41) is 9.49. The minimum atomic E-state index is -0.747. The molecule has 0 fully saturated rings. The first-order valence-electron chi connectivity index (χ1n) is 4.45. The Labute approximate surface area is 87.5 Å². The first kappa shape index (κ1) is 11.4. The predicted molar refractivity (Wildman–Crippen MR) is 54.6 cm³/mol. The van der Waals surface area contributed by atoms with Crippen molar-refractivity contribution in [3.63, 3.8) is 0 Å². The smallest absolute Gasteiger partial charge is 0.146 e. The van der Waals surface area contributed by atoms with E-state index >= 15 is 0 Å². The second-order valence-electron chi connectivity index (χ2n) is 3.14. The zero-order valence-electron chi connectivity index (χ0n) is 7.87. The van der Waals surface area contributed by atoms with Crippen molar-refractivity contribution in [2.75, 3.05) is 0 Å². The van der Waals surface area contributed by atoms with Crippen molar-refractivity contribution in [3.05, 3.63) is 34.6 Å². The van der Waals surface area contributed by atoms with Gasteiger partial charge in [-0.25, -0.2) is 4.39 Å². The van der Waals surface area contributed by atoms with Gasteiger partial charge in [-0.15, -0.1) is 0 Å². The van der Waals surface area contributed by atoms with Gasteiger partial charge in [0.15, 0.2) is 0 Å². The van der Waals surface area contributed by atoms with Crippen molar-refractivity contribution in [1.29, 1.82) is 0 Å². The van der Waals surface area contributed by atoms with E-state index < -0.39 is 18.0 Å². The minimum absolute atomic E-state index is 0.0289. The highest BCUT2D eigenvalue weighted by molar-refractivity contribution is 6.30.